The van der Waals surface area contributed by atoms with Crippen LogP contribution >= 0.6 is 0 Å². The summed E-state index contributed by atoms with van der Waals surface area (Å²) in [6.45, 7) is 1.08. The number of benzene rings is 1. The number of aromatic amines is 1. The summed E-state index contributed by atoms with van der Waals surface area (Å²) in [6, 6.07) is 9.38. The second kappa shape index (κ2) is 7.67. The summed E-state index contributed by atoms with van der Waals surface area (Å²) in [4.78, 5) is 26.0. The van der Waals surface area contributed by atoms with E-state index >= 15 is 0 Å². The fourth-order valence-electron chi connectivity index (χ4n) is 3.78. The number of likely N-dealkylation sites (tertiary alicyclic amines) is 1. The van der Waals surface area contributed by atoms with Crippen molar-refractivity contribution >= 4 is 11.9 Å². The molecule has 1 fully saturated rings. The number of carbonyl (C=O) groups excluding carboxylic acids is 1. The average Bonchev–Trinajstić information content (AvgIpc) is 3.39. The van der Waals surface area contributed by atoms with E-state index in [4.69, 9.17) is 5.11 Å². The van der Waals surface area contributed by atoms with E-state index in [1.807, 2.05) is 35.2 Å². The molecule has 0 saturated carbocycles. The Kier molecular flexibility index (Phi) is 4.92. The molecule has 1 aromatic carbocycles. The van der Waals surface area contributed by atoms with Crippen LogP contribution in [0.4, 0.5) is 0 Å². The Morgan fingerprint density at radius 2 is 2.14 bits per heavy atom. The van der Waals surface area contributed by atoms with Crippen LogP contribution in [0.5, 0.6) is 0 Å². The van der Waals surface area contributed by atoms with Crippen LogP contribution in [0.15, 0.2) is 48.9 Å². The van der Waals surface area contributed by atoms with E-state index in [9.17, 15) is 9.59 Å². The van der Waals surface area contributed by atoms with Gasteiger partial charge in [-0.05, 0) is 36.6 Å². The molecule has 2 aromatic heterocycles. The normalized spacial score (nSPS) is 16.9. The van der Waals surface area contributed by atoms with E-state index in [1.54, 1.807) is 18.6 Å². The van der Waals surface area contributed by atoms with Gasteiger partial charge in [0.2, 0.25) is 0 Å². The highest BCUT2D eigenvalue weighted by molar-refractivity contribution is 5.95. The molecule has 0 radical (unpaired) electrons. The number of amides is 1. The lowest BCUT2D eigenvalue weighted by atomic mass is 9.94. The number of piperidine rings is 1. The predicted octanol–water partition coefficient (Wildman–Crippen LogP) is 2.38. The number of nitrogens with one attached hydrogen (secondary N) is 1. The molecule has 2 N–H and O–H groups in total. The van der Waals surface area contributed by atoms with Gasteiger partial charge >= 0.3 is 5.97 Å². The lowest BCUT2D eigenvalue weighted by Crippen LogP contribution is -2.39. The average molecular weight is 379 g/mol. The molecule has 1 aliphatic rings. The van der Waals surface area contributed by atoms with Crippen LogP contribution in [0, 0.1) is 0 Å². The van der Waals surface area contributed by atoms with Crippen LogP contribution < -0.4 is 0 Å². The fourth-order valence-corrected chi connectivity index (χ4v) is 3.78. The Bertz CT molecular complexity index is 979. The molecule has 3 heterocycles. The second-order valence-corrected chi connectivity index (χ2v) is 6.97. The maximum Gasteiger partial charge on any atom is 0.325 e. The third-order valence-electron chi connectivity index (χ3n) is 5.10. The van der Waals surface area contributed by atoms with Gasteiger partial charge in [-0.3, -0.25) is 19.4 Å². The summed E-state index contributed by atoms with van der Waals surface area (Å²) in [5.74, 6) is -0.860. The molecule has 28 heavy (non-hydrogen) atoms. The van der Waals surface area contributed by atoms with Gasteiger partial charge < -0.3 is 10.0 Å². The van der Waals surface area contributed by atoms with Crippen molar-refractivity contribution in [2.24, 2.45) is 0 Å². The smallest absolute Gasteiger partial charge is 0.325 e. The molecule has 1 unspecified atom stereocenters. The zero-order valence-electron chi connectivity index (χ0n) is 15.3. The number of carboxylic acids is 1. The van der Waals surface area contributed by atoms with E-state index in [0.717, 1.165) is 29.7 Å². The topological polar surface area (TPSA) is 104 Å². The minimum atomic E-state index is -0.926. The molecule has 1 amide bonds. The number of carbonyl (C=O) groups is 2. The number of carboxylic acid groups (broad SMARTS) is 1. The molecule has 144 valence electrons. The molecule has 1 atom stereocenters. The van der Waals surface area contributed by atoms with Gasteiger partial charge in [-0.25, -0.2) is 0 Å². The Labute approximate surface area is 161 Å². The van der Waals surface area contributed by atoms with E-state index in [1.165, 1.54) is 4.68 Å². The fraction of sp³-hybridized carbons (Fsp3) is 0.300. The summed E-state index contributed by atoms with van der Waals surface area (Å²) in [5, 5.41) is 19.9. The van der Waals surface area contributed by atoms with Crippen molar-refractivity contribution in [3.05, 3.63) is 60.2 Å². The zero-order valence-corrected chi connectivity index (χ0v) is 15.3. The molecule has 0 spiro atoms. The van der Waals surface area contributed by atoms with Gasteiger partial charge in [0.05, 0.1) is 6.20 Å². The first-order valence-corrected chi connectivity index (χ1v) is 9.24. The van der Waals surface area contributed by atoms with Crippen molar-refractivity contribution in [2.45, 2.75) is 25.3 Å². The molecular weight excluding hydrogens is 358 g/mol. The number of aliphatic carboxylic acids is 1. The maximum absolute atomic E-state index is 13.1. The third-order valence-corrected chi connectivity index (χ3v) is 5.10. The van der Waals surface area contributed by atoms with Crippen molar-refractivity contribution in [3.63, 3.8) is 0 Å². The standard InChI is InChI=1S/C20H21N5O3/c26-19(27)13-25-18(6-7-23-25)16-5-2-8-24(12-16)20(28)15-4-1-3-14(9-15)17-10-21-22-11-17/h1,3-4,6-7,9-11,16H,2,5,8,12-13H2,(H,21,22)(H,26,27). The molecule has 8 nitrogen and oxygen atoms in total. The van der Waals surface area contributed by atoms with Gasteiger partial charge in [-0.2, -0.15) is 10.2 Å². The van der Waals surface area contributed by atoms with Gasteiger partial charge in [0, 0.05) is 48.2 Å². The van der Waals surface area contributed by atoms with Gasteiger partial charge in [0.1, 0.15) is 6.54 Å². The van der Waals surface area contributed by atoms with Crippen LogP contribution in [-0.4, -0.2) is 55.0 Å². The van der Waals surface area contributed by atoms with Crippen LogP contribution in [0.25, 0.3) is 11.1 Å². The van der Waals surface area contributed by atoms with Crippen LogP contribution in [0.3, 0.4) is 0 Å². The Hall–Kier alpha value is -3.42. The lowest BCUT2D eigenvalue weighted by Gasteiger charge is -2.33. The largest absolute Gasteiger partial charge is 0.480 e. The summed E-state index contributed by atoms with van der Waals surface area (Å²) < 4.78 is 1.51. The van der Waals surface area contributed by atoms with Gasteiger partial charge in [-0.15, -0.1) is 0 Å². The van der Waals surface area contributed by atoms with Crippen molar-refractivity contribution < 1.29 is 14.7 Å². The van der Waals surface area contributed by atoms with Crippen LogP contribution in [0.1, 0.15) is 34.8 Å². The molecule has 0 aliphatic carbocycles. The summed E-state index contributed by atoms with van der Waals surface area (Å²) in [6.07, 6.45) is 6.92. The first kappa shape index (κ1) is 18.0. The van der Waals surface area contributed by atoms with Gasteiger partial charge in [-0.1, -0.05) is 12.1 Å². The number of nitrogens with zero attached hydrogens (tertiary/aromatic N) is 4. The zero-order chi connectivity index (χ0) is 19.5. The Morgan fingerprint density at radius 3 is 2.93 bits per heavy atom. The quantitative estimate of drug-likeness (QED) is 0.708. The number of H-pyrrole nitrogens is 1. The number of rotatable bonds is 5. The Morgan fingerprint density at radius 1 is 1.25 bits per heavy atom. The maximum atomic E-state index is 13.1. The van der Waals surface area contributed by atoms with Crippen molar-refractivity contribution in [2.75, 3.05) is 13.1 Å². The lowest BCUT2D eigenvalue weighted by molar-refractivity contribution is -0.137. The van der Waals surface area contributed by atoms with E-state index in [0.29, 0.717) is 18.7 Å². The molecule has 1 saturated heterocycles. The highest BCUT2D eigenvalue weighted by Crippen LogP contribution is 2.28. The summed E-state index contributed by atoms with van der Waals surface area (Å²) in [5.41, 5.74) is 3.38. The van der Waals surface area contributed by atoms with E-state index in [2.05, 4.69) is 15.3 Å². The van der Waals surface area contributed by atoms with Crippen LogP contribution in [0.2, 0.25) is 0 Å². The predicted molar refractivity (Wildman–Crippen MR) is 102 cm³/mol. The first-order chi connectivity index (χ1) is 13.6. The van der Waals surface area contributed by atoms with Crippen LogP contribution in [-0.2, 0) is 11.3 Å². The highest BCUT2D eigenvalue weighted by Gasteiger charge is 2.28. The van der Waals surface area contributed by atoms with Gasteiger partial charge in [0.25, 0.3) is 5.91 Å². The monoisotopic (exact) mass is 379 g/mol. The van der Waals surface area contributed by atoms with Crippen molar-refractivity contribution in [3.8, 4) is 11.1 Å². The van der Waals surface area contributed by atoms with Crippen molar-refractivity contribution in [1.29, 1.82) is 0 Å². The molecular formula is C20H21N5O3. The SMILES string of the molecule is O=C(O)Cn1nccc1C1CCCN(C(=O)c2cccc(-c3cn[nH]c3)c2)C1. The number of hydrogen-bond acceptors (Lipinski definition) is 4. The first-order valence-electron chi connectivity index (χ1n) is 9.24. The second-order valence-electron chi connectivity index (χ2n) is 6.97. The van der Waals surface area contributed by atoms with Crippen molar-refractivity contribution in [1.82, 2.24) is 24.9 Å². The van der Waals surface area contributed by atoms with Gasteiger partial charge in [0.15, 0.2) is 0 Å². The number of hydrogen-bond donors (Lipinski definition) is 2. The minimum absolute atomic E-state index is 0.0145. The summed E-state index contributed by atoms with van der Waals surface area (Å²) in [7, 11) is 0. The van der Waals surface area contributed by atoms with E-state index in [-0.39, 0.29) is 18.4 Å². The number of aromatic nitrogens is 4. The molecule has 1 aliphatic heterocycles. The molecule has 4 rings (SSSR count). The molecule has 3 aromatic rings. The highest BCUT2D eigenvalue weighted by atomic mass is 16.4. The Balaban J connectivity index is 1.52. The molecule has 0 bridgehead atoms. The minimum Gasteiger partial charge on any atom is -0.480 e. The third kappa shape index (κ3) is 3.66. The summed E-state index contributed by atoms with van der Waals surface area (Å²) >= 11 is 0. The molecule has 8 heteroatoms. The van der Waals surface area contributed by atoms with E-state index < -0.39 is 5.97 Å².